The van der Waals surface area contributed by atoms with E-state index in [0.29, 0.717) is 0 Å². The highest BCUT2D eigenvalue weighted by molar-refractivity contribution is 5.88. The number of hydrogen-bond acceptors (Lipinski definition) is 6. The van der Waals surface area contributed by atoms with Crippen molar-refractivity contribution in [2.75, 3.05) is 6.61 Å². The average molecular weight is 460 g/mol. The molecule has 4 rings (SSSR count). The van der Waals surface area contributed by atoms with Gasteiger partial charge in [-0.3, -0.25) is 15.8 Å². The molecule has 0 bridgehead atoms. The highest BCUT2D eigenvalue weighted by atomic mass is 16.6. The number of fused-ring (bicyclic) bond motifs is 3. The van der Waals surface area contributed by atoms with E-state index in [1.54, 1.807) is 24.3 Å². The Morgan fingerprint density at radius 3 is 2.00 bits per heavy atom. The van der Waals surface area contributed by atoms with Crippen molar-refractivity contribution in [1.82, 2.24) is 5.32 Å². The number of amides is 1. The summed E-state index contributed by atoms with van der Waals surface area (Å²) in [4.78, 5) is 36.4. The number of ether oxygens (including phenoxy) is 2. The molecule has 1 atom stereocenters. The molecular weight excluding hydrogens is 436 g/mol. The van der Waals surface area contributed by atoms with Gasteiger partial charge in [0.15, 0.2) is 0 Å². The van der Waals surface area contributed by atoms with E-state index in [9.17, 15) is 19.5 Å². The molecule has 0 spiro atoms. The minimum absolute atomic E-state index is 0.0198. The molecule has 0 fully saturated rings. The van der Waals surface area contributed by atoms with Crippen LogP contribution in [0, 0.1) is 0 Å². The number of carbonyl (C=O) groups excluding carboxylic acids is 2. The van der Waals surface area contributed by atoms with Gasteiger partial charge in [-0.1, -0.05) is 78.9 Å². The van der Waals surface area contributed by atoms with Crippen LogP contribution in [0.25, 0.3) is 11.1 Å². The summed E-state index contributed by atoms with van der Waals surface area (Å²) >= 11 is 0. The molecule has 8 heteroatoms. The lowest BCUT2D eigenvalue weighted by Crippen LogP contribution is -2.62. The van der Waals surface area contributed by atoms with E-state index in [-0.39, 0.29) is 19.1 Å². The van der Waals surface area contributed by atoms with Crippen molar-refractivity contribution in [2.45, 2.75) is 24.6 Å². The van der Waals surface area contributed by atoms with Crippen molar-refractivity contribution in [3.05, 3.63) is 95.6 Å². The predicted octanol–water partition coefficient (Wildman–Crippen LogP) is 3.40. The summed E-state index contributed by atoms with van der Waals surface area (Å²) in [6.45, 7) is -0.0612. The molecule has 4 N–H and O–H groups in total. The highest BCUT2D eigenvalue weighted by Crippen LogP contribution is 2.44. The first-order valence-corrected chi connectivity index (χ1v) is 10.7. The number of nitrogens with one attached hydrogen (secondary N) is 1. The van der Waals surface area contributed by atoms with Gasteiger partial charge in [0.1, 0.15) is 13.2 Å². The van der Waals surface area contributed by atoms with Gasteiger partial charge in [-0.25, -0.2) is 9.59 Å². The molecule has 0 aliphatic heterocycles. The second kappa shape index (κ2) is 9.76. The summed E-state index contributed by atoms with van der Waals surface area (Å²) in [6, 6.07) is 24.6. The van der Waals surface area contributed by atoms with Gasteiger partial charge < -0.3 is 14.6 Å². The molecule has 0 saturated heterocycles. The van der Waals surface area contributed by atoms with E-state index in [0.717, 1.165) is 27.8 Å². The zero-order valence-electron chi connectivity index (χ0n) is 18.3. The maximum Gasteiger partial charge on any atom is 0.409 e. The summed E-state index contributed by atoms with van der Waals surface area (Å²) < 4.78 is 10.5. The fourth-order valence-electron chi connectivity index (χ4n) is 4.01. The number of rotatable bonds is 8. The first kappa shape index (κ1) is 23.0. The maximum absolute atomic E-state index is 12.5. The van der Waals surface area contributed by atoms with Gasteiger partial charge in [-0.2, -0.15) is 0 Å². The molecule has 0 radical (unpaired) electrons. The molecule has 0 saturated carbocycles. The second-order valence-electron chi connectivity index (χ2n) is 8.05. The van der Waals surface area contributed by atoms with Crippen LogP contribution in [0.2, 0.25) is 0 Å². The van der Waals surface area contributed by atoms with Crippen LogP contribution in [0.15, 0.2) is 78.9 Å². The molecule has 8 nitrogen and oxygen atoms in total. The molecular formula is C26H24N2O6. The van der Waals surface area contributed by atoms with Crippen molar-refractivity contribution < 1.29 is 29.0 Å². The SMILES string of the molecule is N[C@](CC(=O)OCc1ccccc1)(NC(=O)OCC1c2ccccc2-c2ccccc21)C(=O)O. The Bertz CT molecular complexity index is 1170. The molecule has 0 aromatic heterocycles. The highest BCUT2D eigenvalue weighted by Gasteiger charge is 2.40. The van der Waals surface area contributed by atoms with Crippen LogP contribution < -0.4 is 11.1 Å². The standard InChI is InChI=1S/C26H24N2O6/c27-26(24(30)31,14-23(29)33-15-17-8-2-1-3-9-17)28-25(32)34-16-22-20-12-6-4-10-18(20)19-11-5-7-13-21(19)22/h1-13,22H,14-16,27H2,(H,28,32)(H,30,31)/t26-/m1/s1. The number of alkyl carbamates (subject to hydrolysis) is 1. The van der Waals surface area contributed by atoms with Crippen LogP contribution >= 0.6 is 0 Å². The van der Waals surface area contributed by atoms with Crippen molar-refractivity contribution >= 4 is 18.0 Å². The largest absolute Gasteiger partial charge is 0.478 e. The molecule has 34 heavy (non-hydrogen) atoms. The Kier molecular flexibility index (Phi) is 6.60. The van der Waals surface area contributed by atoms with E-state index in [1.807, 2.05) is 54.6 Å². The number of esters is 1. The number of aliphatic carboxylic acids is 1. The molecule has 3 aromatic carbocycles. The average Bonchev–Trinajstić information content (AvgIpc) is 3.15. The third-order valence-electron chi connectivity index (χ3n) is 5.72. The van der Waals surface area contributed by atoms with E-state index in [4.69, 9.17) is 15.2 Å². The minimum atomic E-state index is -2.38. The summed E-state index contributed by atoms with van der Waals surface area (Å²) in [7, 11) is 0. The van der Waals surface area contributed by atoms with Crippen LogP contribution in [0.3, 0.4) is 0 Å². The summed E-state index contributed by atoms with van der Waals surface area (Å²) in [6.07, 6.45) is -1.80. The van der Waals surface area contributed by atoms with Crippen molar-refractivity contribution in [1.29, 1.82) is 0 Å². The lowest BCUT2D eigenvalue weighted by molar-refractivity contribution is -0.154. The zero-order chi connectivity index (χ0) is 24.1. The third kappa shape index (κ3) is 4.92. The fraction of sp³-hybridized carbons (Fsp3) is 0.192. The Balaban J connectivity index is 1.38. The Hall–Kier alpha value is -4.17. The molecule has 3 aromatic rings. The van der Waals surface area contributed by atoms with E-state index in [2.05, 4.69) is 5.32 Å². The number of benzene rings is 3. The van der Waals surface area contributed by atoms with Crippen molar-refractivity contribution in [2.24, 2.45) is 5.73 Å². The first-order chi connectivity index (χ1) is 16.4. The van der Waals surface area contributed by atoms with Gasteiger partial charge in [0.25, 0.3) is 0 Å². The normalized spacial score (nSPS) is 13.8. The van der Waals surface area contributed by atoms with Crippen LogP contribution in [0.4, 0.5) is 4.79 Å². The summed E-state index contributed by atoms with van der Waals surface area (Å²) in [5, 5.41) is 11.7. The molecule has 174 valence electrons. The second-order valence-corrected chi connectivity index (χ2v) is 8.05. The molecule has 1 amide bonds. The quantitative estimate of drug-likeness (QED) is 0.347. The van der Waals surface area contributed by atoms with Crippen LogP contribution in [-0.2, 0) is 25.7 Å². The van der Waals surface area contributed by atoms with Gasteiger partial charge in [0, 0.05) is 5.92 Å². The van der Waals surface area contributed by atoms with Crippen LogP contribution in [0.1, 0.15) is 29.0 Å². The van der Waals surface area contributed by atoms with Gasteiger partial charge in [0.2, 0.25) is 5.66 Å². The van der Waals surface area contributed by atoms with E-state index < -0.39 is 30.1 Å². The summed E-state index contributed by atoms with van der Waals surface area (Å²) in [5.41, 5.74) is 8.34. The molecule has 1 aliphatic rings. The molecule has 1 aliphatic carbocycles. The van der Waals surface area contributed by atoms with E-state index >= 15 is 0 Å². The number of carboxylic acid groups (broad SMARTS) is 1. The zero-order valence-corrected chi connectivity index (χ0v) is 18.3. The van der Waals surface area contributed by atoms with Crippen LogP contribution in [-0.4, -0.2) is 35.4 Å². The van der Waals surface area contributed by atoms with Gasteiger partial charge in [0.05, 0.1) is 6.42 Å². The number of nitrogens with two attached hydrogens (primary N) is 1. The van der Waals surface area contributed by atoms with Crippen LogP contribution in [0.5, 0.6) is 0 Å². The van der Waals surface area contributed by atoms with Crippen molar-refractivity contribution in [3.63, 3.8) is 0 Å². The Labute approximate surface area is 196 Å². The van der Waals surface area contributed by atoms with Gasteiger partial charge in [-0.15, -0.1) is 0 Å². The molecule has 0 unspecified atom stereocenters. The van der Waals surface area contributed by atoms with Crippen molar-refractivity contribution in [3.8, 4) is 11.1 Å². The first-order valence-electron chi connectivity index (χ1n) is 10.7. The van der Waals surface area contributed by atoms with E-state index in [1.165, 1.54) is 0 Å². The Morgan fingerprint density at radius 2 is 1.41 bits per heavy atom. The molecule has 0 heterocycles. The lowest BCUT2D eigenvalue weighted by Gasteiger charge is -2.25. The van der Waals surface area contributed by atoms with Gasteiger partial charge in [-0.05, 0) is 27.8 Å². The number of hydrogen-bond donors (Lipinski definition) is 3. The van der Waals surface area contributed by atoms with Gasteiger partial charge >= 0.3 is 18.0 Å². The third-order valence-corrected chi connectivity index (χ3v) is 5.72. The smallest absolute Gasteiger partial charge is 0.409 e. The number of carbonyl (C=O) groups is 3. The fourth-order valence-corrected chi connectivity index (χ4v) is 4.01. The number of carboxylic acids is 1. The predicted molar refractivity (Wildman–Crippen MR) is 124 cm³/mol. The monoisotopic (exact) mass is 460 g/mol. The maximum atomic E-state index is 12.5. The minimum Gasteiger partial charge on any atom is -0.478 e. The topological polar surface area (TPSA) is 128 Å². The Morgan fingerprint density at radius 1 is 0.853 bits per heavy atom. The lowest BCUT2D eigenvalue weighted by atomic mass is 9.98. The summed E-state index contributed by atoms with van der Waals surface area (Å²) in [5.74, 6) is -2.66.